The molecule has 0 saturated heterocycles. The summed E-state index contributed by atoms with van der Waals surface area (Å²) < 4.78 is 65.4. The molecule has 0 spiro atoms. The highest BCUT2D eigenvalue weighted by atomic mass is 19.2. The summed E-state index contributed by atoms with van der Waals surface area (Å²) in [4.78, 5) is 0. The molecule has 16 heavy (non-hydrogen) atoms. The topological polar surface area (TPSA) is 0 Å². The van der Waals surface area contributed by atoms with E-state index in [2.05, 4.69) is 0 Å². The molecule has 0 heterocycles. The lowest BCUT2D eigenvalue weighted by molar-refractivity contribution is 0.361. The molecule has 1 aromatic rings. The quantitative estimate of drug-likeness (QED) is 0.396. The van der Waals surface area contributed by atoms with Crippen molar-refractivity contribution < 1.29 is 22.0 Å². The van der Waals surface area contributed by atoms with Crippen LogP contribution in [0.15, 0.2) is 0 Å². The highest BCUT2D eigenvalue weighted by Crippen LogP contribution is 2.55. The first-order valence-electron chi connectivity index (χ1n) is 4.82. The number of rotatable bonds is 1. The third-order valence-corrected chi connectivity index (χ3v) is 3.44. The van der Waals surface area contributed by atoms with Gasteiger partial charge in [0.15, 0.2) is 23.3 Å². The summed E-state index contributed by atoms with van der Waals surface area (Å²) in [5.74, 6) is -9.33. The number of benzene rings is 1. The maximum absolute atomic E-state index is 13.4. The van der Waals surface area contributed by atoms with Crippen molar-refractivity contribution in [1.29, 1.82) is 0 Å². The average Bonchev–Trinajstić information content (AvgIpc) is 2.82. The van der Waals surface area contributed by atoms with Gasteiger partial charge in [0.2, 0.25) is 5.82 Å². The lowest BCUT2D eigenvalue weighted by atomic mass is 9.94. The zero-order valence-corrected chi connectivity index (χ0v) is 8.67. The van der Waals surface area contributed by atoms with Crippen LogP contribution in [0, 0.1) is 35.0 Å². The molecule has 0 nitrogen and oxygen atoms in total. The van der Waals surface area contributed by atoms with Crippen molar-refractivity contribution >= 4 is 0 Å². The molecule has 1 aliphatic carbocycles. The zero-order valence-electron chi connectivity index (χ0n) is 8.67. The smallest absolute Gasteiger partial charge is 0.200 e. The molecular weight excluding hydrogens is 227 g/mol. The molecule has 1 aliphatic rings. The minimum atomic E-state index is -2.10. The molecule has 0 N–H and O–H groups in total. The van der Waals surface area contributed by atoms with Crippen LogP contribution in [0.3, 0.4) is 0 Å². The summed E-state index contributed by atoms with van der Waals surface area (Å²) >= 11 is 0. The molecule has 88 valence electrons. The van der Waals surface area contributed by atoms with Crippen molar-refractivity contribution in [2.45, 2.75) is 25.7 Å². The van der Waals surface area contributed by atoms with E-state index in [1.165, 1.54) is 6.92 Å². The van der Waals surface area contributed by atoms with E-state index in [1.54, 1.807) is 6.92 Å². The molecule has 1 fully saturated rings. The van der Waals surface area contributed by atoms with Gasteiger partial charge in [-0.3, -0.25) is 0 Å². The fraction of sp³-hybridized carbons (Fsp3) is 0.455. The van der Waals surface area contributed by atoms with Gasteiger partial charge in [0.05, 0.1) is 0 Å². The number of halogens is 5. The molecule has 2 rings (SSSR count). The molecule has 2 atom stereocenters. The van der Waals surface area contributed by atoms with Crippen molar-refractivity contribution in [2.75, 3.05) is 0 Å². The highest BCUT2D eigenvalue weighted by molar-refractivity contribution is 5.36. The van der Waals surface area contributed by atoms with Gasteiger partial charge < -0.3 is 0 Å². The fourth-order valence-electron chi connectivity index (χ4n) is 2.03. The van der Waals surface area contributed by atoms with E-state index in [0.29, 0.717) is 6.42 Å². The van der Waals surface area contributed by atoms with Crippen LogP contribution in [0.1, 0.15) is 25.8 Å². The summed E-state index contributed by atoms with van der Waals surface area (Å²) in [6, 6.07) is 0. The summed E-state index contributed by atoms with van der Waals surface area (Å²) in [5.41, 5.74) is -1.62. The lowest BCUT2D eigenvalue weighted by Crippen LogP contribution is -2.15. The van der Waals surface area contributed by atoms with Crippen LogP contribution in [0.5, 0.6) is 0 Å². The SMILES string of the molecule is CC1CC1(C)c1c(F)c(F)c(F)c(F)c1F. The van der Waals surface area contributed by atoms with Crippen LogP contribution in [-0.2, 0) is 5.41 Å². The standard InChI is InChI=1S/C11H9F5/c1-4-3-11(4,2)5-6(12)8(14)10(16)9(15)7(5)13/h4H,3H2,1-2H3. The Morgan fingerprint density at radius 2 is 1.19 bits per heavy atom. The molecule has 0 aliphatic heterocycles. The Hall–Kier alpha value is -1.13. The summed E-state index contributed by atoms with van der Waals surface area (Å²) in [6.45, 7) is 3.20. The van der Waals surface area contributed by atoms with Crippen LogP contribution in [0.2, 0.25) is 0 Å². The summed E-state index contributed by atoms with van der Waals surface area (Å²) in [6.07, 6.45) is 0.422. The Morgan fingerprint density at radius 3 is 1.50 bits per heavy atom. The maximum atomic E-state index is 13.4. The van der Waals surface area contributed by atoms with Gasteiger partial charge in [-0.15, -0.1) is 0 Å². The minimum Gasteiger partial charge on any atom is -0.203 e. The van der Waals surface area contributed by atoms with E-state index in [4.69, 9.17) is 0 Å². The Labute approximate surface area is 89.1 Å². The lowest BCUT2D eigenvalue weighted by Gasteiger charge is -2.14. The van der Waals surface area contributed by atoms with Gasteiger partial charge in [-0.05, 0) is 12.3 Å². The molecule has 1 aromatic carbocycles. The third kappa shape index (κ3) is 1.26. The van der Waals surface area contributed by atoms with Crippen molar-refractivity contribution in [3.8, 4) is 0 Å². The summed E-state index contributed by atoms with van der Waals surface area (Å²) in [7, 11) is 0. The second-order valence-corrected chi connectivity index (χ2v) is 4.47. The first-order valence-corrected chi connectivity index (χ1v) is 4.82. The van der Waals surface area contributed by atoms with Crippen molar-refractivity contribution in [3.05, 3.63) is 34.6 Å². The van der Waals surface area contributed by atoms with E-state index in [9.17, 15) is 22.0 Å². The monoisotopic (exact) mass is 236 g/mol. The van der Waals surface area contributed by atoms with Gasteiger partial charge in [-0.25, -0.2) is 22.0 Å². The van der Waals surface area contributed by atoms with E-state index >= 15 is 0 Å². The first-order chi connectivity index (χ1) is 7.30. The molecule has 0 aromatic heterocycles. The average molecular weight is 236 g/mol. The van der Waals surface area contributed by atoms with Crippen LogP contribution in [0.4, 0.5) is 22.0 Å². The van der Waals surface area contributed by atoms with Gasteiger partial charge in [0.1, 0.15) is 0 Å². The second kappa shape index (κ2) is 3.18. The van der Waals surface area contributed by atoms with Crippen LogP contribution in [0.25, 0.3) is 0 Å². The van der Waals surface area contributed by atoms with Gasteiger partial charge >= 0.3 is 0 Å². The molecule has 0 amide bonds. The largest absolute Gasteiger partial charge is 0.203 e. The molecule has 1 saturated carbocycles. The highest BCUT2D eigenvalue weighted by Gasteiger charge is 2.52. The van der Waals surface area contributed by atoms with Gasteiger partial charge in [-0.2, -0.15) is 0 Å². The van der Waals surface area contributed by atoms with Crippen molar-refractivity contribution in [2.24, 2.45) is 5.92 Å². The van der Waals surface area contributed by atoms with Crippen LogP contribution < -0.4 is 0 Å². The molecular formula is C11H9F5. The summed E-state index contributed by atoms with van der Waals surface area (Å²) in [5, 5.41) is 0. The Balaban J connectivity index is 2.72. The predicted octanol–water partition coefficient (Wildman–Crippen LogP) is 3.68. The van der Waals surface area contributed by atoms with E-state index in [0.717, 1.165) is 0 Å². The fourth-order valence-corrected chi connectivity index (χ4v) is 2.03. The number of hydrogen-bond donors (Lipinski definition) is 0. The van der Waals surface area contributed by atoms with E-state index < -0.39 is 40.1 Å². The molecule has 5 heteroatoms. The second-order valence-electron chi connectivity index (χ2n) is 4.47. The van der Waals surface area contributed by atoms with Crippen molar-refractivity contribution in [3.63, 3.8) is 0 Å². The number of hydrogen-bond acceptors (Lipinski definition) is 0. The van der Waals surface area contributed by atoms with E-state index in [1.807, 2.05) is 0 Å². The van der Waals surface area contributed by atoms with Gasteiger partial charge in [0.25, 0.3) is 0 Å². The van der Waals surface area contributed by atoms with E-state index in [-0.39, 0.29) is 5.92 Å². The molecule has 0 radical (unpaired) electrons. The van der Waals surface area contributed by atoms with Gasteiger partial charge in [0, 0.05) is 11.0 Å². The van der Waals surface area contributed by atoms with Crippen LogP contribution >= 0.6 is 0 Å². The Kier molecular flexibility index (Phi) is 2.26. The third-order valence-electron chi connectivity index (χ3n) is 3.44. The Morgan fingerprint density at radius 1 is 0.875 bits per heavy atom. The normalized spacial score (nSPS) is 28.3. The predicted molar refractivity (Wildman–Crippen MR) is 47.4 cm³/mol. The minimum absolute atomic E-state index is 0.0826. The zero-order chi connectivity index (χ0) is 12.2. The maximum Gasteiger partial charge on any atom is 0.200 e. The Bertz CT molecular complexity index is 439. The van der Waals surface area contributed by atoms with Crippen LogP contribution in [-0.4, -0.2) is 0 Å². The van der Waals surface area contributed by atoms with Crippen molar-refractivity contribution in [1.82, 2.24) is 0 Å². The molecule has 0 bridgehead atoms. The first kappa shape index (κ1) is 11.4. The molecule has 2 unspecified atom stereocenters. The van der Waals surface area contributed by atoms with Gasteiger partial charge in [-0.1, -0.05) is 13.8 Å².